The number of nitrogens with zero attached hydrogens (tertiary/aromatic N) is 2. The Balaban J connectivity index is 2.10. The highest BCUT2D eigenvalue weighted by molar-refractivity contribution is 8.06. The second-order valence-electron chi connectivity index (χ2n) is 5.85. The van der Waals surface area contributed by atoms with Crippen LogP contribution < -0.4 is 0 Å². The third kappa shape index (κ3) is 3.57. The lowest BCUT2D eigenvalue weighted by atomic mass is 10.1. The van der Waals surface area contributed by atoms with Crippen LogP contribution in [0.1, 0.15) is 30.7 Å². The Labute approximate surface area is 155 Å². The number of rotatable bonds is 3. The first-order valence-electron chi connectivity index (χ1n) is 7.90. The summed E-state index contributed by atoms with van der Waals surface area (Å²) in [5.74, 6) is -0.865. The number of aliphatic imine (C=N–C) groups is 1. The van der Waals surface area contributed by atoms with Gasteiger partial charge in [-0.05, 0) is 31.0 Å². The summed E-state index contributed by atoms with van der Waals surface area (Å²) in [7, 11) is -6.80. The smallest absolute Gasteiger partial charge is 0.440 e. The molecule has 2 atom stereocenters. The molecule has 6 nitrogen and oxygen atoms in total. The van der Waals surface area contributed by atoms with Crippen molar-refractivity contribution in [2.75, 3.05) is 5.75 Å². The van der Waals surface area contributed by atoms with Gasteiger partial charge in [-0.15, -0.1) is 0 Å². The minimum Gasteiger partial charge on any atom is -0.440 e. The molecule has 1 aliphatic heterocycles. The number of alkyl halides is 3. The predicted molar refractivity (Wildman–Crippen MR) is 94.6 cm³/mol. The van der Waals surface area contributed by atoms with Crippen LogP contribution in [0, 0.1) is 6.92 Å². The van der Waals surface area contributed by atoms with Crippen LogP contribution in [0.5, 0.6) is 0 Å². The number of fused-ring (bicyclic) bond motifs is 1. The van der Waals surface area contributed by atoms with E-state index in [4.69, 9.17) is 4.42 Å². The molecule has 0 bridgehead atoms. The summed E-state index contributed by atoms with van der Waals surface area (Å²) in [5, 5.41) is -0.0872. The van der Waals surface area contributed by atoms with Crippen LogP contribution in [0.3, 0.4) is 0 Å². The zero-order valence-electron chi connectivity index (χ0n) is 14.3. The van der Waals surface area contributed by atoms with Crippen LogP contribution in [-0.2, 0) is 20.6 Å². The fourth-order valence-electron chi connectivity index (χ4n) is 2.76. The summed E-state index contributed by atoms with van der Waals surface area (Å²) in [6, 6.07) is 2.33. The van der Waals surface area contributed by atoms with Gasteiger partial charge in [0.05, 0.1) is 16.6 Å². The van der Waals surface area contributed by atoms with Crippen molar-refractivity contribution in [2.24, 2.45) is 4.99 Å². The minimum absolute atomic E-state index is 0.0446. The average molecular weight is 420 g/mol. The Morgan fingerprint density at radius 2 is 2.04 bits per heavy atom. The first-order chi connectivity index (χ1) is 12.6. The molecule has 0 N–H and O–H groups in total. The molecule has 0 saturated carbocycles. The van der Waals surface area contributed by atoms with Crippen molar-refractivity contribution in [1.29, 1.82) is 0 Å². The Bertz CT molecular complexity index is 1090. The van der Waals surface area contributed by atoms with E-state index >= 15 is 0 Å². The van der Waals surface area contributed by atoms with E-state index in [1.165, 1.54) is 26.1 Å². The van der Waals surface area contributed by atoms with Gasteiger partial charge in [0, 0.05) is 6.20 Å². The number of hydrogen-bond acceptors (Lipinski definition) is 6. The summed E-state index contributed by atoms with van der Waals surface area (Å²) >= 11 is 0. The summed E-state index contributed by atoms with van der Waals surface area (Å²) in [5.41, 5.74) is -4.52. The molecule has 11 heteroatoms. The largest absolute Gasteiger partial charge is 0.475 e. The van der Waals surface area contributed by atoms with Gasteiger partial charge < -0.3 is 4.42 Å². The molecular formula is C16H15F3N2O4S2. The number of oxazole rings is 1. The van der Waals surface area contributed by atoms with Crippen LogP contribution in [-0.4, -0.2) is 33.9 Å². The van der Waals surface area contributed by atoms with Gasteiger partial charge in [0.2, 0.25) is 5.89 Å². The van der Waals surface area contributed by atoms with E-state index < -0.39 is 37.0 Å². The van der Waals surface area contributed by atoms with Gasteiger partial charge in [0.1, 0.15) is 10.6 Å². The molecule has 1 aromatic carbocycles. The van der Waals surface area contributed by atoms with Crippen LogP contribution in [0.2, 0.25) is 0 Å². The molecule has 0 saturated heterocycles. The van der Waals surface area contributed by atoms with E-state index in [2.05, 4.69) is 9.98 Å². The number of benzene rings is 1. The van der Waals surface area contributed by atoms with E-state index in [9.17, 15) is 25.8 Å². The average Bonchev–Trinajstić information content (AvgIpc) is 3.06. The Hall–Kier alpha value is -2.01. The third-order valence-electron chi connectivity index (χ3n) is 4.16. The SMILES string of the molecule is CCS(=O)(=O)C1=NC=CCC1c1nc2c(C)c(S(=O)C(F)(F)F)ccc2o1. The first kappa shape index (κ1) is 19.7. The van der Waals surface area contributed by atoms with Crippen molar-refractivity contribution < 1.29 is 30.2 Å². The minimum atomic E-state index is -4.89. The molecule has 2 aromatic rings. The molecule has 0 amide bonds. The molecule has 0 radical (unpaired) electrons. The zero-order chi connectivity index (χ0) is 20.0. The molecule has 1 aromatic heterocycles. The molecule has 0 spiro atoms. The molecule has 2 unspecified atom stereocenters. The molecule has 0 aliphatic carbocycles. The van der Waals surface area contributed by atoms with E-state index in [1.54, 1.807) is 6.08 Å². The number of aryl methyl sites for hydroxylation is 1. The van der Waals surface area contributed by atoms with Gasteiger partial charge in [-0.2, -0.15) is 13.2 Å². The van der Waals surface area contributed by atoms with Crippen LogP contribution in [0.15, 0.2) is 38.7 Å². The number of halogens is 3. The maximum atomic E-state index is 12.8. The lowest BCUT2D eigenvalue weighted by Gasteiger charge is -2.16. The summed E-state index contributed by atoms with van der Waals surface area (Å²) in [4.78, 5) is 7.75. The maximum Gasteiger partial charge on any atom is 0.475 e. The molecule has 1 aliphatic rings. The van der Waals surface area contributed by atoms with Gasteiger partial charge in [0.15, 0.2) is 26.2 Å². The van der Waals surface area contributed by atoms with Crippen molar-refractivity contribution in [3.63, 3.8) is 0 Å². The third-order valence-corrected chi connectivity index (χ3v) is 7.21. The van der Waals surface area contributed by atoms with E-state index in [-0.39, 0.29) is 39.8 Å². The fourth-order valence-corrected chi connectivity index (χ4v) is 4.73. The standard InChI is InChI=1S/C16H15F3N2O4S2/c1-3-27(23,24)15-10(5-4-8-20-15)14-21-13-9(2)12(7-6-11(13)25-14)26(22)16(17,18)19/h4,6-8,10H,3,5H2,1-2H3. The summed E-state index contributed by atoms with van der Waals surface area (Å²) < 4.78 is 80.2. The lowest BCUT2D eigenvalue weighted by molar-refractivity contribution is -0.0384. The van der Waals surface area contributed by atoms with Crippen molar-refractivity contribution in [1.82, 2.24) is 4.98 Å². The van der Waals surface area contributed by atoms with Gasteiger partial charge in [-0.3, -0.25) is 0 Å². The van der Waals surface area contributed by atoms with E-state index in [1.807, 2.05) is 0 Å². The van der Waals surface area contributed by atoms with Crippen molar-refractivity contribution in [3.8, 4) is 0 Å². The number of aromatic nitrogens is 1. The van der Waals surface area contributed by atoms with Gasteiger partial charge in [-0.25, -0.2) is 22.6 Å². The Morgan fingerprint density at radius 1 is 1.33 bits per heavy atom. The van der Waals surface area contributed by atoms with Crippen molar-refractivity contribution in [3.05, 3.63) is 35.9 Å². The van der Waals surface area contributed by atoms with Crippen molar-refractivity contribution in [2.45, 2.75) is 36.6 Å². The predicted octanol–water partition coefficient (Wildman–Crippen LogP) is 3.60. The van der Waals surface area contributed by atoms with Crippen LogP contribution >= 0.6 is 0 Å². The van der Waals surface area contributed by atoms with Crippen LogP contribution in [0.25, 0.3) is 11.1 Å². The maximum absolute atomic E-state index is 12.8. The molecule has 27 heavy (non-hydrogen) atoms. The first-order valence-corrected chi connectivity index (χ1v) is 10.7. The monoisotopic (exact) mass is 420 g/mol. The molecule has 0 fully saturated rings. The molecule has 146 valence electrons. The summed E-state index contributed by atoms with van der Waals surface area (Å²) in [6.45, 7) is 2.86. The second-order valence-corrected chi connectivity index (χ2v) is 9.51. The lowest BCUT2D eigenvalue weighted by Crippen LogP contribution is -2.25. The molecule has 3 rings (SSSR count). The number of hydrogen-bond donors (Lipinski definition) is 0. The van der Waals surface area contributed by atoms with Gasteiger partial charge in [-0.1, -0.05) is 13.0 Å². The number of sulfone groups is 1. The zero-order valence-corrected chi connectivity index (χ0v) is 15.9. The fraction of sp³-hybridized carbons (Fsp3) is 0.375. The Kier molecular flexibility index (Phi) is 5.02. The van der Waals surface area contributed by atoms with Gasteiger partial charge in [0.25, 0.3) is 0 Å². The molecular weight excluding hydrogens is 405 g/mol. The van der Waals surface area contributed by atoms with E-state index in [0.717, 1.165) is 6.07 Å². The second kappa shape index (κ2) is 6.86. The van der Waals surface area contributed by atoms with Crippen molar-refractivity contribution >= 4 is 36.8 Å². The molecule has 2 heterocycles. The van der Waals surface area contributed by atoms with Gasteiger partial charge >= 0.3 is 5.51 Å². The van der Waals surface area contributed by atoms with E-state index in [0.29, 0.717) is 0 Å². The highest BCUT2D eigenvalue weighted by Gasteiger charge is 2.39. The highest BCUT2D eigenvalue weighted by atomic mass is 32.2. The number of allylic oxidation sites excluding steroid dienone is 1. The summed E-state index contributed by atoms with van der Waals surface area (Å²) in [6.07, 6.45) is 3.33. The normalized spacial score (nSPS) is 19.3. The van der Waals surface area contributed by atoms with Crippen LogP contribution in [0.4, 0.5) is 13.2 Å². The highest BCUT2D eigenvalue weighted by Crippen LogP contribution is 2.34. The quantitative estimate of drug-likeness (QED) is 0.757. The Morgan fingerprint density at radius 3 is 2.67 bits per heavy atom. The topological polar surface area (TPSA) is 89.6 Å².